The van der Waals surface area contributed by atoms with E-state index in [1.54, 1.807) is 0 Å². The highest BCUT2D eigenvalue weighted by Crippen LogP contribution is 2.14. The van der Waals surface area contributed by atoms with Crippen molar-refractivity contribution in [3.63, 3.8) is 0 Å². The Bertz CT molecular complexity index is 610. The minimum atomic E-state index is 0.0696. The normalized spacial score (nSPS) is 12.7. The molecule has 0 saturated heterocycles. The number of rotatable bonds is 12. The summed E-state index contributed by atoms with van der Waals surface area (Å²) in [5, 5.41) is 16.0. The summed E-state index contributed by atoms with van der Waals surface area (Å²) in [4.78, 5) is 18.9. The van der Waals surface area contributed by atoms with Gasteiger partial charge in [0.15, 0.2) is 5.96 Å². The summed E-state index contributed by atoms with van der Waals surface area (Å²) in [5.41, 5.74) is 1.78. The van der Waals surface area contributed by atoms with E-state index in [4.69, 9.17) is 0 Å². The van der Waals surface area contributed by atoms with Crippen molar-refractivity contribution in [2.45, 2.75) is 54.0 Å². The maximum atomic E-state index is 12.4. The highest BCUT2D eigenvalue weighted by molar-refractivity contribution is 5.94. The van der Waals surface area contributed by atoms with Gasteiger partial charge < -0.3 is 20.6 Å². The van der Waals surface area contributed by atoms with Crippen LogP contribution in [-0.4, -0.2) is 54.7 Å². The van der Waals surface area contributed by atoms with E-state index in [-0.39, 0.29) is 12.5 Å². The van der Waals surface area contributed by atoms with E-state index >= 15 is 0 Å². The van der Waals surface area contributed by atoms with Crippen molar-refractivity contribution in [3.05, 3.63) is 35.4 Å². The fourth-order valence-corrected chi connectivity index (χ4v) is 3.35. The molecule has 0 aliphatic rings. The van der Waals surface area contributed by atoms with Gasteiger partial charge in [0.25, 0.3) is 5.91 Å². The Labute approximate surface area is 176 Å². The molecule has 164 valence electrons. The molecule has 29 heavy (non-hydrogen) atoms. The van der Waals surface area contributed by atoms with Gasteiger partial charge in [0.05, 0.1) is 6.54 Å². The van der Waals surface area contributed by atoms with Crippen LogP contribution in [0, 0.1) is 11.8 Å². The van der Waals surface area contributed by atoms with Gasteiger partial charge in [0.2, 0.25) is 0 Å². The van der Waals surface area contributed by atoms with E-state index < -0.39 is 0 Å². The molecule has 1 amide bonds. The number of aliphatic hydroxyl groups excluding tert-OH is 1. The molecule has 6 heteroatoms. The number of hydrogen-bond acceptors (Lipinski definition) is 3. The molecule has 0 aliphatic carbocycles. The van der Waals surface area contributed by atoms with Crippen LogP contribution in [-0.2, 0) is 6.54 Å². The molecule has 6 nitrogen and oxygen atoms in total. The SMILES string of the molecule is CCNC(=NCc1ccc(C(=O)N(CC)CC)cc1)NCC(CCO)CC(C)C. The lowest BCUT2D eigenvalue weighted by atomic mass is 9.94. The first-order valence-corrected chi connectivity index (χ1v) is 11.0. The fraction of sp³-hybridized carbons (Fsp3) is 0.652. The Morgan fingerprint density at radius 2 is 1.76 bits per heavy atom. The van der Waals surface area contributed by atoms with Crippen LogP contribution in [0.25, 0.3) is 0 Å². The zero-order valence-corrected chi connectivity index (χ0v) is 18.9. The van der Waals surface area contributed by atoms with Crippen molar-refractivity contribution in [3.8, 4) is 0 Å². The first-order valence-electron chi connectivity index (χ1n) is 11.0. The number of nitrogens with one attached hydrogen (secondary N) is 2. The molecule has 0 spiro atoms. The van der Waals surface area contributed by atoms with Gasteiger partial charge in [-0.2, -0.15) is 0 Å². The second kappa shape index (κ2) is 14.0. The van der Waals surface area contributed by atoms with E-state index in [9.17, 15) is 9.90 Å². The minimum Gasteiger partial charge on any atom is -0.396 e. The predicted octanol–water partition coefficient (Wildman–Crippen LogP) is 3.27. The van der Waals surface area contributed by atoms with Gasteiger partial charge in [0.1, 0.15) is 0 Å². The standard InChI is InChI=1S/C23H40N4O2/c1-6-24-23(26-17-20(13-14-28)15-18(4)5)25-16-19-9-11-21(12-10-19)22(29)27(7-2)8-3/h9-12,18,20,28H,6-8,13-17H2,1-5H3,(H2,24,25,26). The van der Waals surface area contributed by atoms with E-state index in [2.05, 4.69) is 29.5 Å². The zero-order chi connectivity index (χ0) is 21.6. The molecule has 0 saturated carbocycles. The number of aliphatic hydroxyl groups is 1. The summed E-state index contributed by atoms with van der Waals surface area (Å²) in [6.45, 7) is 14.2. The van der Waals surface area contributed by atoms with Crippen molar-refractivity contribution < 1.29 is 9.90 Å². The van der Waals surface area contributed by atoms with Gasteiger partial charge in [-0.05, 0) is 63.1 Å². The number of aliphatic imine (C=N–C) groups is 1. The van der Waals surface area contributed by atoms with E-state index in [0.29, 0.717) is 37.0 Å². The van der Waals surface area contributed by atoms with Crippen LogP contribution in [0.4, 0.5) is 0 Å². The van der Waals surface area contributed by atoms with Crippen LogP contribution in [0.1, 0.15) is 63.4 Å². The Morgan fingerprint density at radius 3 is 2.28 bits per heavy atom. The Balaban J connectivity index is 2.71. The number of nitrogens with zero attached hydrogens (tertiary/aromatic N) is 2. The van der Waals surface area contributed by atoms with Crippen LogP contribution in [0.2, 0.25) is 0 Å². The predicted molar refractivity (Wildman–Crippen MR) is 121 cm³/mol. The van der Waals surface area contributed by atoms with E-state index in [0.717, 1.165) is 37.5 Å². The van der Waals surface area contributed by atoms with Crippen molar-refractivity contribution in [1.29, 1.82) is 0 Å². The molecule has 3 N–H and O–H groups in total. The molecular weight excluding hydrogens is 364 g/mol. The van der Waals surface area contributed by atoms with Gasteiger partial charge in [-0.1, -0.05) is 26.0 Å². The van der Waals surface area contributed by atoms with Gasteiger partial charge >= 0.3 is 0 Å². The summed E-state index contributed by atoms with van der Waals surface area (Å²) >= 11 is 0. The minimum absolute atomic E-state index is 0.0696. The Hall–Kier alpha value is -2.08. The number of carbonyl (C=O) groups is 1. The van der Waals surface area contributed by atoms with Gasteiger partial charge in [-0.15, -0.1) is 0 Å². The first kappa shape index (κ1) is 25.0. The van der Waals surface area contributed by atoms with E-state index in [1.165, 1.54) is 0 Å². The zero-order valence-electron chi connectivity index (χ0n) is 18.9. The smallest absolute Gasteiger partial charge is 0.253 e. The van der Waals surface area contributed by atoms with Crippen molar-refractivity contribution in [1.82, 2.24) is 15.5 Å². The number of hydrogen-bond donors (Lipinski definition) is 3. The largest absolute Gasteiger partial charge is 0.396 e. The quantitative estimate of drug-likeness (QED) is 0.369. The summed E-state index contributed by atoms with van der Waals surface area (Å²) < 4.78 is 0. The van der Waals surface area contributed by atoms with Crippen LogP contribution in [0.5, 0.6) is 0 Å². The van der Waals surface area contributed by atoms with Crippen molar-refractivity contribution >= 4 is 11.9 Å². The summed E-state index contributed by atoms with van der Waals surface area (Å²) in [6, 6.07) is 7.70. The lowest BCUT2D eigenvalue weighted by molar-refractivity contribution is 0.0773. The molecule has 1 aromatic rings. The first-order chi connectivity index (χ1) is 13.9. The van der Waals surface area contributed by atoms with Gasteiger partial charge in [-0.25, -0.2) is 4.99 Å². The lowest BCUT2D eigenvalue weighted by Gasteiger charge is -2.20. The maximum Gasteiger partial charge on any atom is 0.253 e. The maximum absolute atomic E-state index is 12.4. The molecule has 1 rings (SSSR count). The topological polar surface area (TPSA) is 77.0 Å². The summed E-state index contributed by atoms with van der Waals surface area (Å²) in [7, 11) is 0. The Morgan fingerprint density at radius 1 is 1.10 bits per heavy atom. The summed E-state index contributed by atoms with van der Waals surface area (Å²) in [5.74, 6) is 1.88. The van der Waals surface area contributed by atoms with Gasteiger partial charge in [-0.3, -0.25) is 4.79 Å². The third-order valence-corrected chi connectivity index (χ3v) is 4.92. The third kappa shape index (κ3) is 9.31. The molecular formula is C23H40N4O2. The second-order valence-electron chi connectivity index (χ2n) is 7.76. The molecule has 0 bridgehead atoms. The van der Waals surface area contributed by atoms with Crippen molar-refractivity contribution in [2.24, 2.45) is 16.8 Å². The molecule has 1 aromatic carbocycles. The van der Waals surface area contributed by atoms with Crippen LogP contribution in [0.15, 0.2) is 29.3 Å². The average molecular weight is 405 g/mol. The Kier molecular flexibility index (Phi) is 12.0. The lowest BCUT2D eigenvalue weighted by Crippen LogP contribution is -2.40. The van der Waals surface area contributed by atoms with Crippen molar-refractivity contribution in [2.75, 3.05) is 32.8 Å². The number of guanidine groups is 1. The average Bonchev–Trinajstić information content (AvgIpc) is 2.71. The highest BCUT2D eigenvalue weighted by Gasteiger charge is 2.13. The molecule has 1 unspecified atom stereocenters. The molecule has 1 atom stereocenters. The fourth-order valence-electron chi connectivity index (χ4n) is 3.35. The number of benzene rings is 1. The molecule has 0 radical (unpaired) electrons. The van der Waals surface area contributed by atoms with Crippen LogP contribution < -0.4 is 10.6 Å². The third-order valence-electron chi connectivity index (χ3n) is 4.92. The molecule has 0 aliphatic heterocycles. The molecule has 0 aromatic heterocycles. The monoisotopic (exact) mass is 404 g/mol. The van der Waals surface area contributed by atoms with E-state index in [1.807, 2.05) is 49.9 Å². The second-order valence-corrected chi connectivity index (χ2v) is 7.76. The highest BCUT2D eigenvalue weighted by atomic mass is 16.3. The number of carbonyl (C=O) groups excluding carboxylic acids is 1. The summed E-state index contributed by atoms with van der Waals surface area (Å²) in [6.07, 6.45) is 1.88. The van der Waals surface area contributed by atoms with Crippen LogP contribution >= 0.6 is 0 Å². The van der Waals surface area contributed by atoms with Crippen LogP contribution in [0.3, 0.4) is 0 Å². The number of amides is 1. The molecule has 0 fully saturated rings. The van der Waals surface area contributed by atoms with Gasteiger partial charge in [0, 0.05) is 38.3 Å². The molecule has 0 heterocycles.